The number of anilines is 2. The molecule has 0 spiro atoms. The molecule has 0 radical (unpaired) electrons. The molecule has 0 bridgehead atoms. The lowest BCUT2D eigenvalue weighted by Gasteiger charge is -2.32. The molecule has 3 amide bonds. The predicted octanol–water partition coefficient (Wildman–Crippen LogP) is 10.6. The van der Waals surface area contributed by atoms with Gasteiger partial charge in [0.2, 0.25) is 11.8 Å². The van der Waals surface area contributed by atoms with Gasteiger partial charge in [0.1, 0.15) is 23.0 Å². The van der Waals surface area contributed by atoms with Gasteiger partial charge in [0.25, 0.3) is 5.91 Å². The Labute approximate surface area is 365 Å². The van der Waals surface area contributed by atoms with E-state index in [1.54, 1.807) is 65.6 Å². The standard InChI is InChI=1S/C24H23ClN2O3.C12H15ClN2O.C12H10O3/c1-16-7-12-22(30-16)17-4-2-5-18(14-17)24(29)27-13-3-6-19(15-27)23(28)26-21-10-8-20(25)9-11-21;13-10-3-5-11(6-4-10)15-12(16)9-2-1-7-14-8-9;1-8-5-6-11(15-8)9-3-2-4-10(7-9)12(13)14/h2,4-5,7-12,14,19H,3,6,13,15H2,1H3,(H,26,28);3-6,9,14H,1-2,7-8H2,(H,15,16);2-7H,1H3,(H,13,14). The van der Waals surface area contributed by atoms with Crippen molar-refractivity contribution < 1.29 is 33.1 Å². The highest BCUT2D eigenvalue weighted by Crippen LogP contribution is 2.26. The molecule has 2 unspecified atom stereocenters. The highest BCUT2D eigenvalue weighted by Gasteiger charge is 2.29. The Morgan fingerprint density at radius 1 is 0.656 bits per heavy atom. The SMILES string of the molecule is Cc1ccc(-c2cccc(C(=O)N3CCCC(C(=O)Nc4ccc(Cl)cc4)C3)c2)o1.Cc1ccc(-c2cccc(C(=O)O)c2)o1.O=C(Nc1ccc(Cl)cc1)C1CCCNC1. The molecule has 13 heteroatoms. The molecule has 11 nitrogen and oxygen atoms in total. The molecule has 2 atom stereocenters. The molecule has 2 aromatic heterocycles. The first-order valence-electron chi connectivity index (χ1n) is 20.1. The van der Waals surface area contributed by atoms with Crippen molar-refractivity contribution in [1.82, 2.24) is 10.2 Å². The van der Waals surface area contributed by atoms with E-state index < -0.39 is 5.97 Å². The monoisotopic (exact) mass is 862 g/mol. The summed E-state index contributed by atoms with van der Waals surface area (Å²) >= 11 is 11.7. The van der Waals surface area contributed by atoms with Crippen molar-refractivity contribution in [2.45, 2.75) is 39.5 Å². The Hall–Kier alpha value is -6.14. The molecule has 4 aromatic carbocycles. The van der Waals surface area contributed by atoms with Crippen LogP contribution in [0.2, 0.25) is 10.0 Å². The van der Waals surface area contributed by atoms with Crippen molar-refractivity contribution in [3.05, 3.63) is 154 Å². The maximum Gasteiger partial charge on any atom is 0.335 e. The largest absolute Gasteiger partial charge is 0.478 e. The van der Waals surface area contributed by atoms with Crippen LogP contribution in [0.1, 0.15) is 57.9 Å². The Bertz CT molecular complexity index is 2420. The van der Waals surface area contributed by atoms with Gasteiger partial charge < -0.3 is 34.8 Å². The maximum atomic E-state index is 13.1. The first kappa shape index (κ1) is 44.4. The van der Waals surface area contributed by atoms with Gasteiger partial charge in [-0.1, -0.05) is 47.5 Å². The molecular weight excluding hydrogens is 815 g/mol. The van der Waals surface area contributed by atoms with Crippen LogP contribution in [0.3, 0.4) is 0 Å². The minimum Gasteiger partial charge on any atom is -0.478 e. The molecule has 2 aliphatic heterocycles. The van der Waals surface area contributed by atoms with Gasteiger partial charge in [0.05, 0.1) is 17.4 Å². The molecule has 8 rings (SSSR count). The molecule has 0 saturated carbocycles. The van der Waals surface area contributed by atoms with Crippen LogP contribution in [-0.4, -0.2) is 59.9 Å². The zero-order valence-electron chi connectivity index (χ0n) is 34.0. The number of hydrogen-bond donors (Lipinski definition) is 4. The number of aromatic carboxylic acids is 1. The summed E-state index contributed by atoms with van der Waals surface area (Å²) < 4.78 is 11.1. The fraction of sp³-hybridized carbons (Fsp3) is 0.250. The Morgan fingerprint density at radius 2 is 1.16 bits per heavy atom. The van der Waals surface area contributed by atoms with E-state index in [1.165, 1.54) is 0 Å². The third-order valence-electron chi connectivity index (χ3n) is 10.2. The highest BCUT2D eigenvalue weighted by molar-refractivity contribution is 6.31. The Morgan fingerprint density at radius 3 is 1.66 bits per heavy atom. The van der Waals surface area contributed by atoms with Crippen LogP contribution in [0.5, 0.6) is 0 Å². The number of carboxylic acid groups (broad SMARTS) is 1. The first-order valence-corrected chi connectivity index (χ1v) is 20.9. The summed E-state index contributed by atoms with van der Waals surface area (Å²) in [6, 6.07) is 35.8. The van der Waals surface area contributed by atoms with Crippen LogP contribution in [-0.2, 0) is 9.59 Å². The molecule has 0 aliphatic carbocycles. The number of benzene rings is 4. The van der Waals surface area contributed by atoms with E-state index in [9.17, 15) is 19.2 Å². The van der Waals surface area contributed by atoms with E-state index in [1.807, 2.05) is 74.5 Å². The van der Waals surface area contributed by atoms with Crippen LogP contribution < -0.4 is 16.0 Å². The van der Waals surface area contributed by atoms with Crippen molar-refractivity contribution >= 4 is 58.3 Å². The van der Waals surface area contributed by atoms with Gasteiger partial charge in [-0.05, 0) is 143 Å². The summed E-state index contributed by atoms with van der Waals surface area (Å²) in [6.07, 6.45) is 3.58. The quantitative estimate of drug-likeness (QED) is 0.118. The van der Waals surface area contributed by atoms with Crippen molar-refractivity contribution in [1.29, 1.82) is 0 Å². The number of furan rings is 2. The summed E-state index contributed by atoms with van der Waals surface area (Å²) in [6.45, 7) is 6.59. The van der Waals surface area contributed by atoms with Crippen LogP contribution in [0.25, 0.3) is 22.6 Å². The smallest absolute Gasteiger partial charge is 0.335 e. The fourth-order valence-electron chi connectivity index (χ4n) is 6.98. The number of amides is 3. The van der Waals surface area contributed by atoms with Crippen molar-refractivity contribution in [3.8, 4) is 22.6 Å². The van der Waals surface area contributed by atoms with E-state index in [0.29, 0.717) is 40.1 Å². The summed E-state index contributed by atoms with van der Waals surface area (Å²) in [5.41, 5.74) is 4.02. The zero-order chi connectivity index (χ0) is 43.3. The third-order valence-corrected chi connectivity index (χ3v) is 10.7. The normalized spacial score (nSPS) is 15.9. The van der Waals surface area contributed by atoms with Crippen LogP contribution in [0.4, 0.5) is 11.4 Å². The second-order valence-corrected chi connectivity index (χ2v) is 15.8. The Kier molecular flexibility index (Phi) is 15.6. The van der Waals surface area contributed by atoms with Gasteiger partial charge in [0.15, 0.2) is 0 Å². The number of carbonyl (C=O) groups excluding carboxylic acids is 3. The average Bonchev–Trinajstić information content (AvgIpc) is 3.94. The van der Waals surface area contributed by atoms with E-state index in [0.717, 1.165) is 72.9 Å². The molecule has 2 saturated heterocycles. The third kappa shape index (κ3) is 12.9. The second-order valence-electron chi connectivity index (χ2n) is 14.9. The molecule has 4 heterocycles. The molecule has 61 heavy (non-hydrogen) atoms. The summed E-state index contributed by atoms with van der Waals surface area (Å²) in [5.74, 6) is 1.93. The number of halogens is 2. The molecular formula is C48H48Cl2N4O7. The number of carbonyl (C=O) groups is 4. The number of likely N-dealkylation sites (tertiary alicyclic amines) is 1. The first-order chi connectivity index (χ1) is 29.4. The van der Waals surface area contributed by atoms with Gasteiger partial charge in [-0.3, -0.25) is 14.4 Å². The lowest BCUT2D eigenvalue weighted by atomic mass is 9.96. The van der Waals surface area contributed by atoms with E-state index in [2.05, 4.69) is 16.0 Å². The van der Waals surface area contributed by atoms with Crippen LogP contribution >= 0.6 is 23.2 Å². The maximum absolute atomic E-state index is 13.1. The zero-order valence-corrected chi connectivity index (χ0v) is 35.5. The minimum absolute atomic E-state index is 0.0656. The number of nitrogens with zero attached hydrogens (tertiary/aromatic N) is 1. The minimum atomic E-state index is -0.930. The number of aryl methyl sites for hydroxylation is 2. The summed E-state index contributed by atoms with van der Waals surface area (Å²) in [4.78, 5) is 50.2. The molecule has 2 fully saturated rings. The number of carboxylic acids is 1. The summed E-state index contributed by atoms with van der Waals surface area (Å²) in [5, 5.41) is 19.2. The number of rotatable bonds is 8. The van der Waals surface area contributed by atoms with E-state index in [-0.39, 0.29) is 35.1 Å². The van der Waals surface area contributed by atoms with Gasteiger partial charge in [-0.25, -0.2) is 4.79 Å². The van der Waals surface area contributed by atoms with Crippen molar-refractivity contribution in [3.63, 3.8) is 0 Å². The number of nitrogens with one attached hydrogen (secondary N) is 3. The highest BCUT2D eigenvalue weighted by atomic mass is 35.5. The van der Waals surface area contributed by atoms with Gasteiger partial charge >= 0.3 is 5.97 Å². The number of piperidine rings is 2. The van der Waals surface area contributed by atoms with Crippen LogP contribution in [0.15, 0.2) is 130 Å². The van der Waals surface area contributed by atoms with Gasteiger partial charge in [-0.2, -0.15) is 0 Å². The predicted molar refractivity (Wildman–Crippen MR) is 239 cm³/mol. The topological polar surface area (TPSA) is 154 Å². The molecule has 2 aliphatic rings. The average molecular weight is 864 g/mol. The van der Waals surface area contributed by atoms with E-state index in [4.69, 9.17) is 37.1 Å². The molecule has 316 valence electrons. The van der Waals surface area contributed by atoms with Crippen molar-refractivity contribution in [2.24, 2.45) is 11.8 Å². The van der Waals surface area contributed by atoms with Gasteiger partial charge in [0, 0.05) is 57.7 Å². The summed E-state index contributed by atoms with van der Waals surface area (Å²) in [7, 11) is 0. The van der Waals surface area contributed by atoms with Crippen molar-refractivity contribution in [2.75, 3.05) is 36.8 Å². The molecule has 6 aromatic rings. The van der Waals surface area contributed by atoms with Gasteiger partial charge in [-0.15, -0.1) is 0 Å². The number of hydrogen-bond acceptors (Lipinski definition) is 7. The lowest BCUT2D eigenvalue weighted by molar-refractivity contribution is -0.121. The fourth-order valence-corrected chi connectivity index (χ4v) is 7.23. The lowest BCUT2D eigenvalue weighted by Crippen LogP contribution is -2.43. The van der Waals surface area contributed by atoms with E-state index >= 15 is 0 Å². The Balaban J connectivity index is 0.000000169. The van der Waals surface area contributed by atoms with Crippen LogP contribution in [0, 0.1) is 25.7 Å². The second kappa shape index (κ2) is 21.4. The molecule has 4 N–H and O–H groups in total.